The molecule has 24 heavy (non-hydrogen) atoms. The second-order valence-corrected chi connectivity index (χ2v) is 6.36. The number of nitrogens with one attached hydrogen (secondary N) is 1. The van der Waals surface area contributed by atoms with Gasteiger partial charge in [-0.15, -0.1) is 0 Å². The molecule has 1 fully saturated rings. The van der Waals surface area contributed by atoms with E-state index in [0.717, 1.165) is 25.3 Å². The summed E-state index contributed by atoms with van der Waals surface area (Å²) in [5.74, 6) is 0.536. The SMILES string of the molecule is COc1ccc(NC(=O)N(C)CCN2C[C@@H](C)O[C@@H](C)C2)c(C)n1. The molecule has 1 saturated heterocycles. The number of aryl methyl sites for hydroxylation is 1. The predicted octanol–water partition coefficient (Wildman–Crippen LogP) is 1.97. The molecule has 1 aliphatic rings. The van der Waals surface area contributed by atoms with Crippen molar-refractivity contribution in [2.45, 2.75) is 33.0 Å². The van der Waals surface area contributed by atoms with Crippen molar-refractivity contribution in [3.05, 3.63) is 17.8 Å². The normalized spacial score (nSPS) is 21.4. The summed E-state index contributed by atoms with van der Waals surface area (Å²) in [6.07, 6.45) is 0.474. The summed E-state index contributed by atoms with van der Waals surface area (Å²) in [5, 5.41) is 2.89. The van der Waals surface area contributed by atoms with Crippen LogP contribution in [0.2, 0.25) is 0 Å². The lowest BCUT2D eigenvalue weighted by Crippen LogP contribution is -2.48. The van der Waals surface area contributed by atoms with Gasteiger partial charge in [0.05, 0.1) is 30.7 Å². The highest BCUT2D eigenvalue weighted by molar-refractivity contribution is 5.89. The molecular weight excluding hydrogens is 308 g/mol. The molecule has 0 saturated carbocycles. The number of hydrogen-bond donors (Lipinski definition) is 1. The molecule has 0 spiro atoms. The van der Waals surface area contributed by atoms with E-state index in [1.54, 1.807) is 31.2 Å². The van der Waals surface area contributed by atoms with Crippen LogP contribution in [0.1, 0.15) is 19.5 Å². The van der Waals surface area contributed by atoms with E-state index < -0.39 is 0 Å². The van der Waals surface area contributed by atoms with Crippen molar-refractivity contribution >= 4 is 11.7 Å². The number of carbonyl (C=O) groups is 1. The van der Waals surface area contributed by atoms with Gasteiger partial charge < -0.3 is 19.7 Å². The maximum Gasteiger partial charge on any atom is 0.321 e. The number of urea groups is 1. The van der Waals surface area contributed by atoms with Crippen LogP contribution in [0.15, 0.2) is 12.1 Å². The number of anilines is 1. The first-order chi connectivity index (χ1) is 11.4. The number of amides is 2. The van der Waals surface area contributed by atoms with Gasteiger partial charge in [0.1, 0.15) is 0 Å². The van der Waals surface area contributed by atoms with Crippen molar-refractivity contribution in [1.29, 1.82) is 0 Å². The van der Waals surface area contributed by atoms with Crippen LogP contribution < -0.4 is 10.1 Å². The Balaban J connectivity index is 1.84. The van der Waals surface area contributed by atoms with E-state index in [1.807, 2.05) is 6.92 Å². The number of aromatic nitrogens is 1. The first-order valence-electron chi connectivity index (χ1n) is 8.30. The topological polar surface area (TPSA) is 66.9 Å². The van der Waals surface area contributed by atoms with E-state index in [2.05, 4.69) is 29.0 Å². The van der Waals surface area contributed by atoms with E-state index in [1.165, 1.54) is 0 Å². The van der Waals surface area contributed by atoms with E-state index in [4.69, 9.17) is 9.47 Å². The second kappa shape index (κ2) is 8.30. The van der Waals surface area contributed by atoms with Crippen molar-refractivity contribution < 1.29 is 14.3 Å². The van der Waals surface area contributed by atoms with Crippen LogP contribution in [0, 0.1) is 6.92 Å². The molecule has 7 heteroatoms. The molecule has 7 nitrogen and oxygen atoms in total. The highest BCUT2D eigenvalue weighted by Gasteiger charge is 2.22. The Hall–Kier alpha value is -1.86. The van der Waals surface area contributed by atoms with Crippen molar-refractivity contribution in [3.63, 3.8) is 0 Å². The molecule has 1 N–H and O–H groups in total. The Bertz CT molecular complexity index is 557. The fraction of sp³-hybridized carbons (Fsp3) is 0.647. The van der Waals surface area contributed by atoms with Gasteiger partial charge in [0.25, 0.3) is 0 Å². The lowest BCUT2D eigenvalue weighted by Gasteiger charge is -2.36. The van der Waals surface area contributed by atoms with Gasteiger partial charge in [0, 0.05) is 39.3 Å². The largest absolute Gasteiger partial charge is 0.481 e. The smallest absolute Gasteiger partial charge is 0.321 e. The van der Waals surface area contributed by atoms with Gasteiger partial charge in [-0.25, -0.2) is 9.78 Å². The van der Waals surface area contributed by atoms with Crippen molar-refractivity contribution in [3.8, 4) is 5.88 Å². The lowest BCUT2D eigenvalue weighted by atomic mass is 10.2. The Morgan fingerprint density at radius 3 is 2.67 bits per heavy atom. The van der Waals surface area contributed by atoms with Gasteiger partial charge in [-0.3, -0.25) is 4.90 Å². The number of ether oxygens (including phenoxy) is 2. The lowest BCUT2D eigenvalue weighted by molar-refractivity contribution is -0.0684. The fourth-order valence-electron chi connectivity index (χ4n) is 2.85. The third-order valence-corrected chi connectivity index (χ3v) is 4.10. The molecule has 0 aromatic carbocycles. The summed E-state index contributed by atoms with van der Waals surface area (Å²) in [6, 6.07) is 3.40. The van der Waals surface area contributed by atoms with Gasteiger partial charge >= 0.3 is 6.03 Å². The van der Waals surface area contributed by atoms with E-state index >= 15 is 0 Å². The minimum atomic E-state index is -0.139. The third kappa shape index (κ3) is 5.07. The number of morpholine rings is 1. The molecule has 2 amide bonds. The summed E-state index contributed by atoms with van der Waals surface area (Å²) in [6.45, 7) is 9.31. The molecule has 0 aliphatic carbocycles. The van der Waals surface area contributed by atoms with E-state index in [0.29, 0.717) is 18.1 Å². The standard InChI is InChI=1S/C17H28N4O3/c1-12-10-21(11-13(2)24-12)9-8-20(4)17(22)19-15-6-7-16(23-5)18-14(15)3/h6-7,12-13H,8-11H2,1-5H3,(H,19,22)/t12-,13+. The number of likely N-dealkylation sites (N-methyl/N-ethyl adjacent to an activating group) is 1. The molecule has 0 radical (unpaired) electrons. The van der Waals surface area contributed by atoms with Crippen LogP contribution in [-0.2, 0) is 4.74 Å². The Labute approximate surface area is 143 Å². The fourth-order valence-corrected chi connectivity index (χ4v) is 2.85. The number of nitrogens with zero attached hydrogens (tertiary/aromatic N) is 3. The second-order valence-electron chi connectivity index (χ2n) is 6.36. The van der Waals surface area contributed by atoms with Crippen LogP contribution >= 0.6 is 0 Å². The van der Waals surface area contributed by atoms with Gasteiger partial charge in [-0.2, -0.15) is 0 Å². The number of hydrogen-bond acceptors (Lipinski definition) is 5. The highest BCUT2D eigenvalue weighted by atomic mass is 16.5. The number of methoxy groups -OCH3 is 1. The molecule has 0 unspecified atom stereocenters. The number of rotatable bonds is 5. The van der Waals surface area contributed by atoms with Crippen molar-refractivity contribution in [2.75, 3.05) is 45.7 Å². The number of pyridine rings is 1. The molecule has 2 rings (SSSR count). The monoisotopic (exact) mass is 336 g/mol. The molecule has 1 aromatic rings. The predicted molar refractivity (Wildman–Crippen MR) is 93.6 cm³/mol. The van der Waals surface area contributed by atoms with Crippen LogP contribution in [0.25, 0.3) is 0 Å². The zero-order valence-electron chi connectivity index (χ0n) is 15.2. The Kier molecular flexibility index (Phi) is 6.39. The quantitative estimate of drug-likeness (QED) is 0.890. The van der Waals surface area contributed by atoms with Crippen LogP contribution in [0.5, 0.6) is 5.88 Å². The molecule has 2 heterocycles. The highest BCUT2D eigenvalue weighted by Crippen LogP contribution is 2.17. The maximum absolute atomic E-state index is 12.3. The van der Waals surface area contributed by atoms with E-state index in [-0.39, 0.29) is 18.2 Å². The van der Waals surface area contributed by atoms with Gasteiger partial charge in [-0.1, -0.05) is 0 Å². The first-order valence-corrected chi connectivity index (χ1v) is 8.30. The van der Waals surface area contributed by atoms with Gasteiger partial charge in [0.2, 0.25) is 5.88 Å². The zero-order valence-corrected chi connectivity index (χ0v) is 15.2. The Morgan fingerprint density at radius 1 is 1.42 bits per heavy atom. The summed E-state index contributed by atoms with van der Waals surface area (Å²) in [5.41, 5.74) is 1.42. The average Bonchev–Trinajstić information content (AvgIpc) is 2.53. The molecular formula is C17H28N4O3. The molecule has 0 bridgehead atoms. The minimum Gasteiger partial charge on any atom is -0.481 e. The van der Waals surface area contributed by atoms with Gasteiger partial charge in [-0.05, 0) is 26.8 Å². The van der Waals surface area contributed by atoms with Crippen LogP contribution in [0.4, 0.5) is 10.5 Å². The summed E-state index contributed by atoms with van der Waals surface area (Å²) < 4.78 is 10.8. The van der Waals surface area contributed by atoms with E-state index in [9.17, 15) is 4.79 Å². The summed E-state index contributed by atoms with van der Waals surface area (Å²) in [7, 11) is 3.37. The first kappa shape index (κ1) is 18.5. The van der Waals surface area contributed by atoms with Crippen molar-refractivity contribution in [2.24, 2.45) is 0 Å². The van der Waals surface area contributed by atoms with Crippen LogP contribution in [-0.4, -0.2) is 73.4 Å². The maximum atomic E-state index is 12.3. The Morgan fingerprint density at radius 2 is 2.08 bits per heavy atom. The third-order valence-electron chi connectivity index (χ3n) is 4.10. The zero-order chi connectivity index (χ0) is 17.7. The number of carbonyl (C=O) groups excluding carboxylic acids is 1. The van der Waals surface area contributed by atoms with Crippen LogP contribution in [0.3, 0.4) is 0 Å². The summed E-state index contributed by atoms with van der Waals surface area (Å²) >= 11 is 0. The average molecular weight is 336 g/mol. The molecule has 134 valence electrons. The van der Waals surface area contributed by atoms with Gasteiger partial charge in [0.15, 0.2) is 0 Å². The van der Waals surface area contributed by atoms with Crippen molar-refractivity contribution in [1.82, 2.24) is 14.8 Å². The minimum absolute atomic E-state index is 0.139. The molecule has 2 atom stereocenters. The molecule has 1 aromatic heterocycles. The summed E-state index contributed by atoms with van der Waals surface area (Å²) in [4.78, 5) is 20.6. The molecule has 1 aliphatic heterocycles.